The first-order chi connectivity index (χ1) is 13.0. The Balaban J connectivity index is 1.99. The van der Waals surface area contributed by atoms with E-state index < -0.39 is 0 Å². The van der Waals surface area contributed by atoms with Crippen LogP contribution in [0.2, 0.25) is 0 Å². The van der Waals surface area contributed by atoms with Crippen LogP contribution in [0.4, 0.5) is 0 Å². The zero-order chi connectivity index (χ0) is 19.7. The molecule has 7 nitrogen and oxygen atoms in total. The molecule has 7 heteroatoms. The van der Waals surface area contributed by atoms with E-state index in [9.17, 15) is 0 Å². The molecule has 0 aliphatic heterocycles. The van der Waals surface area contributed by atoms with Crippen molar-refractivity contribution in [2.24, 2.45) is 23.4 Å². The number of hydrogen-bond donors (Lipinski definition) is 2. The van der Waals surface area contributed by atoms with Crippen LogP contribution in [0.5, 0.6) is 0 Å². The van der Waals surface area contributed by atoms with Gasteiger partial charge in [0.25, 0.3) is 0 Å². The maximum atomic E-state index is 5.15. The van der Waals surface area contributed by atoms with E-state index in [4.69, 9.17) is 9.73 Å². The van der Waals surface area contributed by atoms with Gasteiger partial charge >= 0.3 is 0 Å². The summed E-state index contributed by atoms with van der Waals surface area (Å²) in [5.74, 6) is 3.37. The van der Waals surface area contributed by atoms with Crippen molar-refractivity contribution in [2.75, 3.05) is 26.8 Å². The SMILES string of the molecule is COCCCNC(=NCc1nnc(C)n1C)NCC1(CC(C)C)CCCC1. The number of nitrogens with one attached hydrogen (secondary N) is 2. The van der Waals surface area contributed by atoms with Crippen molar-refractivity contribution in [1.82, 2.24) is 25.4 Å². The maximum Gasteiger partial charge on any atom is 0.191 e. The third-order valence-corrected chi connectivity index (χ3v) is 5.52. The molecule has 0 atom stereocenters. The van der Waals surface area contributed by atoms with Crippen LogP contribution >= 0.6 is 0 Å². The number of methoxy groups -OCH3 is 1. The first kappa shape index (κ1) is 21.7. The molecule has 0 bridgehead atoms. The fourth-order valence-corrected chi connectivity index (χ4v) is 4.05. The van der Waals surface area contributed by atoms with Crippen molar-refractivity contribution in [3.05, 3.63) is 11.6 Å². The van der Waals surface area contributed by atoms with E-state index in [-0.39, 0.29) is 0 Å². The van der Waals surface area contributed by atoms with Crippen molar-refractivity contribution in [3.8, 4) is 0 Å². The number of aliphatic imine (C=N–C) groups is 1. The smallest absolute Gasteiger partial charge is 0.191 e. The summed E-state index contributed by atoms with van der Waals surface area (Å²) in [6, 6.07) is 0. The summed E-state index contributed by atoms with van der Waals surface area (Å²) in [6.45, 7) is 9.71. The number of aromatic nitrogens is 3. The molecule has 0 amide bonds. The highest BCUT2D eigenvalue weighted by Crippen LogP contribution is 2.42. The summed E-state index contributed by atoms with van der Waals surface area (Å²) in [6.07, 6.45) is 7.56. The molecule has 1 fully saturated rings. The van der Waals surface area contributed by atoms with Crippen molar-refractivity contribution < 1.29 is 4.74 Å². The molecule has 0 radical (unpaired) electrons. The van der Waals surface area contributed by atoms with E-state index in [2.05, 4.69) is 34.7 Å². The summed E-state index contributed by atoms with van der Waals surface area (Å²) in [5.41, 5.74) is 0.407. The molecule has 154 valence electrons. The minimum absolute atomic E-state index is 0.407. The van der Waals surface area contributed by atoms with Gasteiger partial charge in [-0.3, -0.25) is 0 Å². The molecular formula is C20H38N6O. The van der Waals surface area contributed by atoms with Gasteiger partial charge in [0.05, 0.1) is 0 Å². The van der Waals surface area contributed by atoms with Crippen LogP contribution < -0.4 is 10.6 Å². The topological polar surface area (TPSA) is 76.4 Å². The summed E-state index contributed by atoms with van der Waals surface area (Å²) in [5, 5.41) is 15.4. The van der Waals surface area contributed by atoms with E-state index >= 15 is 0 Å². The summed E-state index contributed by atoms with van der Waals surface area (Å²) < 4.78 is 7.14. The largest absolute Gasteiger partial charge is 0.385 e. The molecule has 2 rings (SSSR count). The highest BCUT2D eigenvalue weighted by molar-refractivity contribution is 5.79. The number of ether oxygens (including phenoxy) is 1. The second-order valence-corrected chi connectivity index (χ2v) is 8.32. The molecule has 1 aromatic rings. The van der Waals surface area contributed by atoms with Gasteiger partial charge in [-0.15, -0.1) is 10.2 Å². The third-order valence-electron chi connectivity index (χ3n) is 5.52. The van der Waals surface area contributed by atoms with Crippen LogP contribution in [0.1, 0.15) is 64.0 Å². The van der Waals surface area contributed by atoms with Gasteiger partial charge in [-0.1, -0.05) is 26.7 Å². The van der Waals surface area contributed by atoms with Gasteiger partial charge in [0.2, 0.25) is 0 Å². The van der Waals surface area contributed by atoms with Gasteiger partial charge in [-0.25, -0.2) is 4.99 Å². The Morgan fingerprint density at radius 1 is 1.26 bits per heavy atom. The Bertz CT molecular complexity index is 589. The fraction of sp³-hybridized carbons (Fsp3) is 0.850. The molecule has 0 unspecified atom stereocenters. The Hall–Kier alpha value is -1.63. The molecule has 1 saturated carbocycles. The number of rotatable bonds is 10. The quantitative estimate of drug-likeness (QED) is 0.372. The van der Waals surface area contributed by atoms with Crippen LogP contribution in [0.3, 0.4) is 0 Å². The molecule has 0 saturated heterocycles. The lowest BCUT2D eigenvalue weighted by atomic mass is 9.78. The molecule has 1 aliphatic carbocycles. The number of guanidine groups is 1. The van der Waals surface area contributed by atoms with Gasteiger partial charge in [0, 0.05) is 33.9 Å². The third kappa shape index (κ3) is 6.79. The van der Waals surface area contributed by atoms with Crippen LogP contribution in [-0.4, -0.2) is 47.5 Å². The molecular weight excluding hydrogens is 340 g/mol. The normalized spacial score (nSPS) is 16.9. The maximum absolute atomic E-state index is 5.15. The molecule has 1 heterocycles. The molecule has 1 aliphatic rings. The Kier molecular flexibility index (Phi) is 8.54. The second-order valence-electron chi connectivity index (χ2n) is 8.32. The van der Waals surface area contributed by atoms with Crippen LogP contribution in [0.15, 0.2) is 4.99 Å². The van der Waals surface area contributed by atoms with E-state index in [1.807, 2.05) is 18.5 Å². The van der Waals surface area contributed by atoms with Gasteiger partial charge in [-0.2, -0.15) is 0 Å². The number of nitrogens with zero attached hydrogens (tertiary/aromatic N) is 4. The average Bonchev–Trinajstić information content (AvgIpc) is 3.21. The number of hydrogen-bond acceptors (Lipinski definition) is 4. The lowest BCUT2D eigenvalue weighted by Gasteiger charge is -2.32. The second kappa shape index (κ2) is 10.6. The first-order valence-electron chi connectivity index (χ1n) is 10.3. The van der Waals surface area contributed by atoms with Gasteiger partial charge < -0.3 is 19.9 Å². The summed E-state index contributed by atoms with van der Waals surface area (Å²) in [4.78, 5) is 4.77. The van der Waals surface area contributed by atoms with Gasteiger partial charge in [-0.05, 0) is 43.9 Å². The predicted molar refractivity (Wildman–Crippen MR) is 110 cm³/mol. The summed E-state index contributed by atoms with van der Waals surface area (Å²) >= 11 is 0. The van der Waals surface area contributed by atoms with Crippen LogP contribution in [0, 0.1) is 18.3 Å². The van der Waals surface area contributed by atoms with Crippen molar-refractivity contribution in [1.29, 1.82) is 0 Å². The van der Waals surface area contributed by atoms with Crippen molar-refractivity contribution in [3.63, 3.8) is 0 Å². The van der Waals surface area contributed by atoms with Gasteiger partial charge in [0.1, 0.15) is 12.4 Å². The van der Waals surface area contributed by atoms with E-state index in [1.165, 1.54) is 32.1 Å². The van der Waals surface area contributed by atoms with Crippen LogP contribution in [-0.2, 0) is 18.3 Å². The van der Waals surface area contributed by atoms with Crippen molar-refractivity contribution in [2.45, 2.75) is 65.8 Å². The highest BCUT2D eigenvalue weighted by Gasteiger charge is 2.34. The first-order valence-corrected chi connectivity index (χ1v) is 10.3. The molecule has 0 aromatic carbocycles. The van der Waals surface area contributed by atoms with Gasteiger partial charge in [0.15, 0.2) is 11.8 Å². The Labute approximate surface area is 164 Å². The van der Waals surface area contributed by atoms with E-state index in [0.717, 1.165) is 49.6 Å². The molecule has 1 aromatic heterocycles. The summed E-state index contributed by atoms with van der Waals surface area (Å²) in [7, 11) is 3.72. The molecule has 0 spiro atoms. The minimum atomic E-state index is 0.407. The zero-order valence-electron chi connectivity index (χ0n) is 17.8. The van der Waals surface area contributed by atoms with E-state index in [1.54, 1.807) is 7.11 Å². The molecule has 2 N–H and O–H groups in total. The van der Waals surface area contributed by atoms with E-state index in [0.29, 0.717) is 12.0 Å². The van der Waals surface area contributed by atoms with Crippen molar-refractivity contribution >= 4 is 5.96 Å². The fourth-order valence-electron chi connectivity index (χ4n) is 4.05. The van der Waals surface area contributed by atoms with Crippen LogP contribution in [0.25, 0.3) is 0 Å². The monoisotopic (exact) mass is 378 g/mol. The lowest BCUT2D eigenvalue weighted by molar-refractivity contribution is 0.195. The Morgan fingerprint density at radius 2 is 2.00 bits per heavy atom. The standard InChI is InChI=1S/C20H38N6O/c1-16(2)13-20(9-6-7-10-20)15-23-19(21-11-8-12-27-5)22-14-18-25-24-17(3)26(18)4/h16H,6-15H2,1-5H3,(H2,21,22,23). The number of aryl methyl sites for hydroxylation is 1. The highest BCUT2D eigenvalue weighted by atomic mass is 16.5. The lowest BCUT2D eigenvalue weighted by Crippen LogP contribution is -2.44. The predicted octanol–water partition coefficient (Wildman–Crippen LogP) is 2.80. The average molecular weight is 379 g/mol. The minimum Gasteiger partial charge on any atom is -0.385 e. The molecule has 27 heavy (non-hydrogen) atoms. The Morgan fingerprint density at radius 3 is 2.59 bits per heavy atom. The zero-order valence-corrected chi connectivity index (χ0v) is 17.8.